The van der Waals surface area contributed by atoms with Gasteiger partial charge in [-0.1, -0.05) is 17.0 Å². The maximum absolute atomic E-state index is 5.97. The fourth-order valence-electron chi connectivity index (χ4n) is 1.69. The van der Waals surface area contributed by atoms with Gasteiger partial charge in [0.25, 0.3) is 0 Å². The lowest BCUT2D eigenvalue weighted by molar-refractivity contribution is -0.452. The summed E-state index contributed by atoms with van der Waals surface area (Å²) in [7, 11) is 5.46. The lowest BCUT2D eigenvalue weighted by Crippen LogP contribution is -2.31. The first-order valence-corrected chi connectivity index (χ1v) is 7.24. The predicted octanol–water partition coefficient (Wildman–Crippen LogP) is 0.517. The molecule has 0 unspecified atom stereocenters. The van der Waals surface area contributed by atoms with Crippen LogP contribution in [0.4, 0.5) is 0 Å². The second-order valence-corrected chi connectivity index (χ2v) is 6.91. The highest BCUT2D eigenvalue weighted by molar-refractivity contribution is 7.54. The number of para-hydroxylation sites is 1. The van der Waals surface area contributed by atoms with Crippen molar-refractivity contribution >= 4 is 18.6 Å². The van der Waals surface area contributed by atoms with Gasteiger partial charge in [0.2, 0.25) is 0 Å². The van der Waals surface area contributed by atoms with E-state index < -0.39 is 7.58 Å². The van der Waals surface area contributed by atoms with Crippen LogP contribution in [-0.4, -0.2) is 47.7 Å². The molecule has 0 atom stereocenters. The zero-order chi connectivity index (χ0) is 13.2. The zero-order valence-electron chi connectivity index (χ0n) is 11.0. The molecule has 0 fully saturated rings. The van der Waals surface area contributed by atoms with Crippen LogP contribution in [0, 0.1) is 0 Å². The number of hydrogen-bond donors (Lipinski definition) is 2. The maximum atomic E-state index is 5.97. The van der Waals surface area contributed by atoms with Gasteiger partial charge in [-0.25, -0.2) is 14.5 Å². The zero-order valence-corrected chi connectivity index (χ0v) is 11.8. The van der Waals surface area contributed by atoms with E-state index in [1.165, 1.54) is 4.85 Å². The average molecular weight is 269 g/mol. The first-order chi connectivity index (χ1) is 8.63. The number of fused-ring (bicyclic) bond motifs is 1. The van der Waals surface area contributed by atoms with Crippen LogP contribution in [-0.2, 0) is 0 Å². The second kappa shape index (κ2) is 5.06. The van der Waals surface area contributed by atoms with E-state index >= 15 is 0 Å². The Labute approximate surface area is 106 Å². The fourth-order valence-corrected chi connectivity index (χ4v) is 3.36. The van der Waals surface area contributed by atoms with E-state index in [4.69, 9.17) is 4.62 Å². The number of nitrogens with zero attached hydrogens (tertiary/aromatic N) is 4. The summed E-state index contributed by atoms with van der Waals surface area (Å²) in [6.07, 6.45) is 0. The molecule has 1 aromatic carbocycles. The average Bonchev–Trinajstić information content (AvgIpc) is 2.79. The first-order valence-electron chi connectivity index (χ1n) is 5.58. The summed E-state index contributed by atoms with van der Waals surface area (Å²) in [5.74, 6) is 0. The Hall–Kier alpha value is -1.43. The third-order valence-corrected chi connectivity index (χ3v) is 5.42. The van der Waals surface area contributed by atoms with Crippen molar-refractivity contribution in [1.29, 1.82) is 0 Å². The Kier molecular flexibility index (Phi) is 3.65. The molecule has 0 saturated carbocycles. The summed E-state index contributed by atoms with van der Waals surface area (Å²) in [6.45, 7) is 0. The third-order valence-electron chi connectivity index (χ3n) is 2.69. The number of hydrogen-bond acceptors (Lipinski definition) is 3. The summed E-state index contributed by atoms with van der Waals surface area (Å²) >= 11 is 0. The van der Waals surface area contributed by atoms with Gasteiger partial charge in [-0.15, -0.1) is 5.10 Å². The number of aromatic nitrogens is 3. The molecule has 1 heterocycles. The highest BCUT2D eigenvalue weighted by atomic mass is 31.2. The fraction of sp³-hybridized carbons (Fsp3) is 0.400. The van der Waals surface area contributed by atoms with Gasteiger partial charge in [-0.05, 0) is 31.4 Å². The Bertz CT molecular complexity index is 595. The van der Waals surface area contributed by atoms with Crippen molar-refractivity contribution in [3.63, 3.8) is 0 Å². The molecule has 0 aliphatic heterocycles. The van der Waals surface area contributed by atoms with E-state index in [-0.39, 0.29) is 0 Å². The van der Waals surface area contributed by atoms with E-state index in [0.717, 1.165) is 11.0 Å². The molecule has 18 heavy (non-hydrogen) atoms. The van der Waals surface area contributed by atoms with Crippen LogP contribution in [0.3, 0.4) is 0 Å². The van der Waals surface area contributed by atoms with Crippen LogP contribution in [0.5, 0.6) is 0 Å². The summed E-state index contributed by atoms with van der Waals surface area (Å²) in [5.41, 5.74) is 1.65. The minimum Gasteiger partial charge on any atom is -0.293 e. The third kappa shape index (κ3) is 2.12. The van der Waals surface area contributed by atoms with Gasteiger partial charge in [-0.3, -0.25) is 4.62 Å². The van der Waals surface area contributed by atoms with Crippen molar-refractivity contribution in [3.8, 4) is 0 Å². The summed E-state index contributed by atoms with van der Waals surface area (Å²) in [5, 5.41) is 14.5. The first kappa shape index (κ1) is 13.0. The summed E-state index contributed by atoms with van der Waals surface area (Å²) in [4.78, 5) is 1.45. The number of nitrogens with one attached hydrogen (secondary N) is 2. The smallest absolute Gasteiger partial charge is 0.293 e. The molecule has 98 valence electrons. The van der Waals surface area contributed by atoms with Crippen molar-refractivity contribution in [2.24, 2.45) is 0 Å². The van der Waals surface area contributed by atoms with Crippen molar-refractivity contribution in [2.45, 2.75) is 0 Å². The van der Waals surface area contributed by atoms with Crippen LogP contribution in [0.1, 0.15) is 0 Å². The Morgan fingerprint density at radius 2 is 1.89 bits per heavy atom. The van der Waals surface area contributed by atoms with E-state index in [0.29, 0.717) is 0 Å². The molecule has 0 spiro atoms. The number of rotatable bonds is 4. The minimum atomic E-state index is -2.13. The van der Waals surface area contributed by atoms with Gasteiger partial charge in [0.05, 0.1) is 0 Å². The molecule has 0 bridgehead atoms. The van der Waals surface area contributed by atoms with Gasteiger partial charge < -0.3 is 0 Å². The lowest BCUT2D eigenvalue weighted by Gasteiger charge is -2.18. The van der Waals surface area contributed by atoms with Crippen LogP contribution >= 0.6 is 7.58 Å². The Balaban J connectivity index is 2.48. The van der Waals surface area contributed by atoms with E-state index in [9.17, 15) is 0 Å². The largest absolute Gasteiger partial charge is 0.441 e. The van der Waals surface area contributed by atoms with Crippen LogP contribution < -0.4 is 14.8 Å². The summed E-state index contributed by atoms with van der Waals surface area (Å²) < 4.78 is 7.95. The monoisotopic (exact) mass is 269 g/mol. The van der Waals surface area contributed by atoms with Crippen LogP contribution in [0.15, 0.2) is 24.3 Å². The van der Waals surface area contributed by atoms with Crippen LogP contribution in [0.25, 0.3) is 11.0 Å². The predicted molar refractivity (Wildman–Crippen MR) is 71.3 cm³/mol. The molecule has 1 aromatic heterocycles. The quantitative estimate of drug-likeness (QED) is 0.792. The highest BCUT2D eigenvalue weighted by Gasteiger charge is 2.28. The highest BCUT2D eigenvalue weighted by Crippen LogP contribution is 2.34. The van der Waals surface area contributed by atoms with Gasteiger partial charge >= 0.3 is 7.58 Å². The molecule has 0 radical (unpaired) electrons. The molecular weight excluding hydrogens is 251 g/mol. The molecule has 7 nitrogen and oxygen atoms in total. The van der Waals surface area contributed by atoms with Crippen LogP contribution in [0.2, 0.25) is 0 Å². The van der Waals surface area contributed by atoms with Gasteiger partial charge in [-0.2, -0.15) is 0 Å². The Morgan fingerprint density at radius 1 is 1.22 bits per heavy atom. The van der Waals surface area contributed by atoms with Crippen molar-refractivity contribution in [1.82, 2.24) is 25.3 Å². The molecule has 0 aliphatic carbocycles. The molecule has 2 aromatic rings. The topological polar surface area (TPSA) is 67.0 Å². The molecule has 0 saturated heterocycles. The standard InChI is InChI=1S/C10H17N6OP/c1-11-18(12-2,15(3)4)17-16-10-8-6-5-7-9(10)13-14-16/h5-8H,1-4H3,(H,11,12)/p+1. The molecule has 0 aliphatic rings. The Morgan fingerprint density at radius 3 is 2.50 bits per heavy atom. The lowest BCUT2D eigenvalue weighted by atomic mass is 10.3. The van der Waals surface area contributed by atoms with Crippen molar-refractivity contribution in [2.75, 3.05) is 28.2 Å². The molecule has 8 heteroatoms. The summed E-state index contributed by atoms with van der Waals surface area (Å²) in [6, 6.07) is 7.67. The molecule has 2 N–H and O–H groups in total. The van der Waals surface area contributed by atoms with Gasteiger partial charge in [0.1, 0.15) is 25.1 Å². The van der Waals surface area contributed by atoms with Gasteiger partial charge in [0, 0.05) is 0 Å². The SMILES string of the molecule is CNP(NC)(On1nnc2ccccc21)=[N+](C)C. The molecule has 2 rings (SSSR count). The molecule has 0 amide bonds. The minimum absolute atomic E-state index is 0.807. The second-order valence-electron chi connectivity index (χ2n) is 3.90. The van der Waals surface area contributed by atoms with E-state index in [1.807, 2.05) is 56.8 Å². The number of benzene rings is 1. The molecular formula is C10H18N6OP+. The van der Waals surface area contributed by atoms with Crippen molar-refractivity contribution in [3.05, 3.63) is 24.3 Å². The van der Waals surface area contributed by atoms with E-state index in [2.05, 4.69) is 20.5 Å². The normalized spacial score (nSPS) is 11.8. The van der Waals surface area contributed by atoms with Gasteiger partial charge in [0.15, 0.2) is 0 Å². The van der Waals surface area contributed by atoms with E-state index in [1.54, 1.807) is 0 Å². The maximum Gasteiger partial charge on any atom is 0.441 e. The van der Waals surface area contributed by atoms with Crippen molar-refractivity contribution < 1.29 is 8.95 Å².